The number of anilines is 1. The number of rotatable bonds is 3. The number of nitrogens with zero attached hydrogens (tertiary/aromatic N) is 2. The second-order valence-corrected chi connectivity index (χ2v) is 10.1. The Morgan fingerprint density at radius 3 is 1.76 bits per heavy atom. The molecule has 0 aliphatic carbocycles. The first kappa shape index (κ1) is 21.7. The van der Waals surface area contributed by atoms with Gasteiger partial charge in [-0.3, -0.25) is 0 Å². The number of aromatic nitrogens is 1. The van der Waals surface area contributed by atoms with Gasteiger partial charge in [0.2, 0.25) is 0 Å². The second kappa shape index (κ2) is 8.25. The highest BCUT2D eigenvalue weighted by molar-refractivity contribution is 6.31. The quantitative estimate of drug-likeness (QED) is 0.231. The van der Waals surface area contributed by atoms with E-state index in [0.717, 1.165) is 0 Å². The highest BCUT2D eigenvalue weighted by Gasteiger charge is 2.16. The van der Waals surface area contributed by atoms with Crippen LogP contribution in [0.3, 0.4) is 0 Å². The summed E-state index contributed by atoms with van der Waals surface area (Å²) >= 11 is 0. The molecule has 0 aliphatic rings. The summed E-state index contributed by atoms with van der Waals surface area (Å²) in [4.78, 5) is 2.15. The topological polar surface area (TPSA) is 8.17 Å². The van der Waals surface area contributed by atoms with E-state index < -0.39 is 0 Å². The minimum absolute atomic E-state index is 1.21. The zero-order chi connectivity index (χ0) is 25.1. The van der Waals surface area contributed by atoms with Crippen molar-refractivity contribution in [2.45, 2.75) is 0 Å². The van der Waals surface area contributed by atoms with E-state index in [1.54, 1.807) is 0 Å². The average Bonchev–Trinajstić information content (AvgIpc) is 3.25. The Kier molecular flexibility index (Phi) is 4.84. The molecule has 2 nitrogen and oxygen atoms in total. The molecule has 0 saturated carbocycles. The fraction of sp³-hybridized carbons (Fsp3) is 0.0857. The highest BCUT2D eigenvalue weighted by atomic mass is 15.1. The number of aryl methyl sites for hydroxylation is 1. The molecule has 0 aliphatic heterocycles. The normalized spacial score (nSPS) is 11.6. The van der Waals surface area contributed by atoms with Crippen LogP contribution in [0.2, 0.25) is 0 Å². The lowest BCUT2D eigenvalue weighted by molar-refractivity contribution is 1.02. The summed E-state index contributed by atoms with van der Waals surface area (Å²) in [5, 5.41) is 7.88. The van der Waals surface area contributed by atoms with Crippen molar-refractivity contribution in [1.29, 1.82) is 0 Å². The Balaban J connectivity index is 1.48. The molecular formula is C35H28N2. The first-order valence-corrected chi connectivity index (χ1v) is 12.8. The fourth-order valence-corrected chi connectivity index (χ4v) is 5.91. The maximum Gasteiger partial charge on any atom is 0.0574 e. The highest BCUT2D eigenvalue weighted by Crippen LogP contribution is 2.41. The van der Waals surface area contributed by atoms with Crippen LogP contribution in [0.1, 0.15) is 0 Å². The monoisotopic (exact) mass is 476 g/mol. The lowest BCUT2D eigenvalue weighted by Crippen LogP contribution is -2.08. The lowest BCUT2D eigenvalue weighted by Gasteiger charge is -2.14. The molecule has 0 bridgehead atoms. The molecule has 7 rings (SSSR count). The molecule has 6 aromatic carbocycles. The molecule has 0 spiro atoms. The van der Waals surface area contributed by atoms with E-state index in [4.69, 9.17) is 0 Å². The third kappa shape index (κ3) is 3.33. The Labute approximate surface area is 217 Å². The van der Waals surface area contributed by atoms with Gasteiger partial charge in [0, 0.05) is 48.5 Å². The van der Waals surface area contributed by atoms with Gasteiger partial charge in [0.15, 0.2) is 0 Å². The number of benzene rings is 6. The molecule has 37 heavy (non-hydrogen) atoms. The molecule has 0 fully saturated rings. The standard InChI is InChI=1S/C35H28N2/c1-36(2)27-13-9-12-25(21-27)23-10-8-11-24(20-23)26-18-19-33-32(22-26)34-30-16-6-4-14-28(30)29-15-5-7-17-31(29)35(34)37(33)3/h4-22H,1-3H3. The zero-order valence-electron chi connectivity index (χ0n) is 21.4. The SMILES string of the molecule is CN(C)c1cccc(-c2cccc(-c3ccc4c(c3)c3c5ccccc5c5ccccc5c3n4C)c2)c1. The fourth-order valence-electron chi connectivity index (χ4n) is 5.91. The van der Waals surface area contributed by atoms with Crippen molar-refractivity contribution < 1.29 is 0 Å². The van der Waals surface area contributed by atoms with Crippen molar-refractivity contribution in [3.05, 3.63) is 115 Å². The first-order valence-electron chi connectivity index (χ1n) is 12.8. The molecule has 1 heterocycles. The van der Waals surface area contributed by atoms with E-state index in [1.165, 1.54) is 71.3 Å². The molecule has 0 radical (unpaired) electrons. The van der Waals surface area contributed by atoms with Crippen molar-refractivity contribution in [2.24, 2.45) is 7.05 Å². The third-order valence-corrected chi connectivity index (χ3v) is 7.76. The summed E-state index contributed by atoms with van der Waals surface area (Å²) in [6, 6.07) is 42.2. The molecule has 0 saturated heterocycles. The average molecular weight is 477 g/mol. The molecular weight excluding hydrogens is 448 g/mol. The maximum atomic E-state index is 2.38. The Bertz CT molecular complexity index is 1970. The summed E-state index contributed by atoms with van der Waals surface area (Å²) in [6.45, 7) is 0. The molecule has 0 unspecified atom stereocenters. The van der Waals surface area contributed by atoms with Crippen LogP contribution in [0.5, 0.6) is 0 Å². The number of hydrogen-bond acceptors (Lipinski definition) is 1. The van der Waals surface area contributed by atoms with Crippen molar-refractivity contribution in [2.75, 3.05) is 19.0 Å². The molecule has 2 heteroatoms. The van der Waals surface area contributed by atoms with Gasteiger partial charge in [-0.15, -0.1) is 0 Å². The van der Waals surface area contributed by atoms with Gasteiger partial charge in [-0.1, -0.05) is 84.9 Å². The number of fused-ring (bicyclic) bond motifs is 8. The predicted octanol–water partition coefficient (Wildman–Crippen LogP) is 9.04. The summed E-state index contributed by atoms with van der Waals surface area (Å²) < 4.78 is 2.37. The van der Waals surface area contributed by atoms with Gasteiger partial charge in [-0.2, -0.15) is 0 Å². The smallest absolute Gasteiger partial charge is 0.0574 e. The van der Waals surface area contributed by atoms with Gasteiger partial charge in [-0.25, -0.2) is 0 Å². The summed E-state index contributed by atoms with van der Waals surface area (Å²) in [7, 11) is 6.37. The van der Waals surface area contributed by atoms with E-state index in [0.29, 0.717) is 0 Å². The van der Waals surface area contributed by atoms with Gasteiger partial charge in [0.25, 0.3) is 0 Å². The zero-order valence-corrected chi connectivity index (χ0v) is 21.4. The Hall–Kier alpha value is -4.56. The van der Waals surface area contributed by atoms with E-state index in [-0.39, 0.29) is 0 Å². The van der Waals surface area contributed by atoms with Crippen molar-refractivity contribution in [3.8, 4) is 22.3 Å². The molecule has 0 N–H and O–H groups in total. The van der Waals surface area contributed by atoms with Gasteiger partial charge < -0.3 is 9.47 Å². The van der Waals surface area contributed by atoms with E-state index in [2.05, 4.69) is 146 Å². The van der Waals surface area contributed by atoms with Crippen LogP contribution in [-0.2, 0) is 7.05 Å². The molecule has 178 valence electrons. The van der Waals surface area contributed by atoms with Crippen LogP contribution in [0.4, 0.5) is 5.69 Å². The summed E-state index contributed by atoms with van der Waals surface area (Å²) in [6.07, 6.45) is 0. The van der Waals surface area contributed by atoms with Crippen LogP contribution in [0, 0.1) is 0 Å². The molecule has 0 amide bonds. The van der Waals surface area contributed by atoms with Gasteiger partial charge >= 0.3 is 0 Å². The third-order valence-electron chi connectivity index (χ3n) is 7.76. The van der Waals surface area contributed by atoms with Crippen molar-refractivity contribution in [3.63, 3.8) is 0 Å². The van der Waals surface area contributed by atoms with Gasteiger partial charge in [0.05, 0.1) is 5.52 Å². The minimum Gasteiger partial charge on any atom is -0.378 e. The van der Waals surface area contributed by atoms with Crippen LogP contribution < -0.4 is 4.90 Å². The van der Waals surface area contributed by atoms with Crippen molar-refractivity contribution >= 4 is 49.0 Å². The minimum atomic E-state index is 1.21. The Morgan fingerprint density at radius 1 is 0.486 bits per heavy atom. The Morgan fingerprint density at radius 2 is 1.05 bits per heavy atom. The first-order chi connectivity index (χ1) is 18.1. The largest absolute Gasteiger partial charge is 0.378 e. The van der Waals surface area contributed by atoms with Crippen LogP contribution in [-0.4, -0.2) is 18.7 Å². The van der Waals surface area contributed by atoms with Gasteiger partial charge in [-0.05, 0) is 68.7 Å². The van der Waals surface area contributed by atoms with Crippen molar-refractivity contribution in [1.82, 2.24) is 4.57 Å². The van der Waals surface area contributed by atoms with E-state index >= 15 is 0 Å². The maximum absolute atomic E-state index is 2.38. The van der Waals surface area contributed by atoms with Gasteiger partial charge in [0.1, 0.15) is 0 Å². The second-order valence-electron chi connectivity index (χ2n) is 10.1. The lowest BCUT2D eigenvalue weighted by atomic mass is 9.95. The van der Waals surface area contributed by atoms with E-state index in [9.17, 15) is 0 Å². The summed E-state index contributed by atoms with van der Waals surface area (Å²) in [5.41, 5.74) is 8.71. The molecule has 0 atom stereocenters. The predicted molar refractivity (Wildman–Crippen MR) is 161 cm³/mol. The molecule has 1 aromatic heterocycles. The summed E-state index contributed by atoms with van der Waals surface area (Å²) in [5.74, 6) is 0. The van der Waals surface area contributed by atoms with Crippen LogP contribution in [0.15, 0.2) is 115 Å². The van der Waals surface area contributed by atoms with Crippen LogP contribution in [0.25, 0.3) is 65.6 Å². The molecule has 7 aromatic rings. The van der Waals surface area contributed by atoms with Crippen LogP contribution >= 0.6 is 0 Å². The number of hydrogen-bond donors (Lipinski definition) is 0. The van der Waals surface area contributed by atoms with E-state index in [1.807, 2.05) is 0 Å².